The van der Waals surface area contributed by atoms with Gasteiger partial charge in [-0.25, -0.2) is 0 Å². The molecule has 1 aliphatic rings. The third-order valence-electron chi connectivity index (χ3n) is 5.19. The molecule has 1 saturated heterocycles. The van der Waals surface area contributed by atoms with E-state index < -0.39 is 0 Å². The normalized spacial score (nSPS) is 14.2. The highest BCUT2D eigenvalue weighted by Gasteiger charge is 2.24. The molecule has 1 fully saturated rings. The van der Waals surface area contributed by atoms with E-state index in [2.05, 4.69) is 10.2 Å². The maximum Gasteiger partial charge on any atom is 0.253 e. The number of piperazine rings is 1. The Bertz CT molecular complexity index is 1050. The third-order valence-corrected chi connectivity index (χ3v) is 5.19. The van der Waals surface area contributed by atoms with Crippen LogP contribution >= 0.6 is 12.4 Å². The van der Waals surface area contributed by atoms with Crippen molar-refractivity contribution in [2.45, 2.75) is 0 Å². The van der Waals surface area contributed by atoms with Crippen molar-refractivity contribution < 1.29 is 9.59 Å². The molecule has 0 radical (unpaired) electrons. The van der Waals surface area contributed by atoms with Gasteiger partial charge >= 0.3 is 0 Å². The lowest BCUT2D eigenvalue weighted by molar-refractivity contribution is -0.131. The summed E-state index contributed by atoms with van der Waals surface area (Å²) < 4.78 is 0. The SMILES string of the molecule is Cl.NCC(=O)N1CCN(C(=O)c2ccc(C=Cc3n[nH]c4ccccc34)cc2)CC1. The number of carbonyl (C=O) groups is 2. The smallest absolute Gasteiger partial charge is 0.253 e. The van der Waals surface area contributed by atoms with Gasteiger partial charge in [0, 0.05) is 37.1 Å². The quantitative estimate of drug-likeness (QED) is 0.671. The van der Waals surface area contributed by atoms with Gasteiger partial charge < -0.3 is 15.5 Å². The first kappa shape index (κ1) is 21.5. The van der Waals surface area contributed by atoms with E-state index in [0.29, 0.717) is 31.7 Å². The molecular weight excluding hydrogens is 402 g/mol. The van der Waals surface area contributed by atoms with E-state index in [4.69, 9.17) is 5.73 Å². The maximum absolute atomic E-state index is 12.7. The average Bonchev–Trinajstić information content (AvgIpc) is 3.20. The second-order valence-electron chi connectivity index (χ2n) is 6.99. The molecule has 0 spiro atoms. The number of hydrogen-bond donors (Lipinski definition) is 2. The van der Waals surface area contributed by atoms with Crippen LogP contribution in [0.15, 0.2) is 48.5 Å². The zero-order valence-electron chi connectivity index (χ0n) is 16.5. The lowest BCUT2D eigenvalue weighted by Crippen LogP contribution is -2.51. The number of nitrogens with two attached hydrogens (primary N) is 1. The number of benzene rings is 2. The average molecular weight is 426 g/mol. The molecule has 1 aromatic heterocycles. The van der Waals surface area contributed by atoms with E-state index >= 15 is 0 Å². The number of hydrogen-bond acceptors (Lipinski definition) is 4. The van der Waals surface area contributed by atoms with Crippen LogP contribution in [-0.2, 0) is 4.79 Å². The van der Waals surface area contributed by atoms with Gasteiger partial charge in [0.25, 0.3) is 5.91 Å². The molecule has 156 valence electrons. The largest absolute Gasteiger partial charge is 0.338 e. The Balaban J connectivity index is 0.00000256. The summed E-state index contributed by atoms with van der Waals surface area (Å²) in [4.78, 5) is 27.9. The number of para-hydroxylation sites is 1. The summed E-state index contributed by atoms with van der Waals surface area (Å²) in [6.07, 6.45) is 3.94. The number of nitrogens with one attached hydrogen (secondary N) is 1. The lowest BCUT2D eigenvalue weighted by Gasteiger charge is -2.34. The molecule has 0 bridgehead atoms. The number of nitrogens with zero attached hydrogens (tertiary/aromatic N) is 3. The molecule has 0 saturated carbocycles. The number of amides is 2. The van der Waals surface area contributed by atoms with Gasteiger partial charge in [0.15, 0.2) is 0 Å². The summed E-state index contributed by atoms with van der Waals surface area (Å²) in [5, 5.41) is 8.42. The number of H-pyrrole nitrogens is 1. The summed E-state index contributed by atoms with van der Waals surface area (Å²) >= 11 is 0. The first-order valence-corrected chi connectivity index (χ1v) is 9.64. The van der Waals surface area contributed by atoms with Crippen molar-refractivity contribution in [2.75, 3.05) is 32.7 Å². The van der Waals surface area contributed by atoms with Crippen LogP contribution in [0.1, 0.15) is 21.6 Å². The summed E-state index contributed by atoms with van der Waals surface area (Å²) in [6.45, 7) is 2.12. The van der Waals surface area contributed by atoms with Crippen LogP contribution in [-0.4, -0.2) is 64.5 Å². The monoisotopic (exact) mass is 425 g/mol. The number of fused-ring (bicyclic) bond motifs is 1. The molecule has 1 aliphatic heterocycles. The molecule has 0 aliphatic carbocycles. The highest BCUT2D eigenvalue weighted by atomic mass is 35.5. The van der Waals surface area contributed by atoms with Gasteiger partial charge in [-0.2, -0.15) is 5.10 Å². The molecule has 3 aromatic rings. The van der Waals surface area contributed by atoms with Crippen molar-refractivity contribution in [1.29, 1.82) is 0 Å². The minimum atomic E-state index is -0.0714. The van der Waals surface area contributed by atoms with E-state index in [1.165, 1.54) is 0 Å². The van der Waals surface area contributed by atoms with E-state index in [0.717, 1.165) is 22.2 Å². The Labute approximate surface area is 180 Å². The second kappa shape index (κ2) is 9.56. The summed E-state index contributed by atoms with van der Waals surface area (Å²) in [6, 6.07) is 15.5. The Hall–Kier alpha value is -3.16. The van der Waals surface area contributed by atoms with Crippen LogP contribution in [0.25, 0.3) is 23.1 Å². The minimum absolute atomic E-state index is 0. The number of aromatic amines is 1. The zero-order chi connectivity index (χ0) is 20.2. The van der Waals surface area contributed by atoms with Crippen LogP contribution in [0.4, 0.5) is 0 Å². The Morgan fingerprint density at radius 2 is 1.63 bits per heavy atom. The number of rotatable bonds is 4. The van der Waals surface area contributed by atoms with Crippen molar-refractivity contribution in [1.82, 2.24) is 20.0 Å². The fourth-order valence-corrected chi connectivity index (χ4v) is 3.49. The van der Waals surface area contributed by atoms with E-state index in [1.807, 2.05) is 60.7 Å². The predicted molar refractivity (Wildman–Crippen MR) is 120 cm³/mol. The molecule has 2 amide bonds. The van der Waals surface area contributed by atoms with Crippen LogP contribution in [0, 0.1) is 0 Å². The molecule has 30 heavy (non-hydrogen) atoms. The van der Waals surface area contributed by atoms with Crippen molar-refractivity contribution in [2.24, 2.45) is 5.73 Å². The minimum Gasteiger partial charge on any atom is -0.338 e. The summed E-state index contributed by atoms with van der Waals surface area (Å²) in [5.74, 6) is -0.0865. The molecule has 2 heterocycles. The Kier molecular flexibility index (Phi) is 6.87. The first-order chi connectivity index (χ1) is 14.2. The van der Waals surface area contributed by atoms with Crippen LogP contribution in [0.2, 0.25) is 0 Å². The molecular formula is C22H24ClN5O2. The number of halogens is 1. The van der Waals surface area contributed by atoms with Gasteiger partial charge in [-0.1, -0.05) is 36.4 Å². The maximum atomic E-state index is 12.7. The van der Waals surface area contributed by atoms with Crippen molar-refractivity contribution in [3.8, 4) is 0 Å². The van der Waals surface area contributed by atoms with Gasteiger partial charge in [-0.15, -0.1) is 12.4 Å². The van der Waals surface area contributed by atoms with Gasteiger partial charge in [0.1, 0.15) is 0 Å². The van der Waals surface area contributed by atoms with Gasteiger partial charge in [0.2, 0.25) is 5.91 Å². The number of carbonyl (C=O) groups excluding carboxylic acids is 2. The zero-order valence-corrected chi connectivity index (χ0v) is 17.3. The van der Waals surface area contributed by atoms with Gasteiger partial charge in [-0.05, 0) is 29.8 Å². The topological polar surface area (TPSA) is 95.3 Å². The molecule has 0 atom stereocenters. The molecule has 2 aromatic carbocycles. The van der Waals surface area contributed by atoms with Crippen molar-refractivity contribution >= 4 is 47.3 Å². The Morgan fingerprint density at radius 1 is 0.967 bits per heavy atom. The van der Waals surface area contributed by atoms with E-state index in [1.54, 1.807) is 9.80 Å². The summed E-state index contributed by atoms with van der Waals surface area (Å²) in [5.41, 5.74) is 8.92. The fourth-order valence-electron chi connectivity index (χ4n) is 3.49. The first-order valence-electron chi connectivity index (χ1n) is 9.64. The Morgan fingerprint density at radius 3 is 2.33 bits per heavy atom. The van der Waals surface area contributed by atoms with Crippen LogP contribution < -0.4 is 5.73 Å². The van der Waals surface area contributed by atoms with E-state index in [9.17, 15) is 9.59 Å². The molecule has 3 N–H and O–H groups in total. The highest BCUT2D eigenvalue weighted by molar-refractivity contribution is 5.95. The predicted octanol–water partition coefficient (Wildman–Crippen LogP) is 2.40. The third kappa shape index (κ3) is 4.53. The van der Waals surface area contributed by atoms with Gasteiger partial charge in [-0.3, -0.25) is 14.7 Å². The molecule has 4 rings (SSSR count). The van der Waals surface area contributed by atoms with Crippen molar-refractivity contribution in [3.05, 3.63) is 65.4 Å². The lowest BCUT2D eigenvalue weighted by atomic mass is 10.1. The standard InChI is InChI=1S/C22H23N5O2.ClH/c23-15-21(28)26-11-13-27(14-12-26)22(29)17-8-5-16(6-9-17)7-10-20-18-3-1-2-4-19(18)24-25-20;/h1-10H,11-15,23H2,(H,24,25);1H. The molecule has 7 nitrogen and oxygen atoms in total. The van der Waals surface area contributed by atoms with Crippen LogP contribution in [0.5, 0.6) is 0 Å². The highest BCUT2D eigenvalue weighted by Crippen LogP contribution is 2.18. The van der Waals surface area contributed by atoms with E-state index in [-0.39, 0.29) is 30.8 Å². The summed E-state index contributed by atoms with van der Waals surface area (Å²) in [7, 11) is 0. The molecule has 0 unspecified atom stereocenters. The van der Waals surface area contributed by atoms with Crippen LogP contribution in [0.3, 0.4) is 0 Å². The fraction of sp³-hybridized carbons (Fsp3) is 0.227. The van der Waals surface area contributed by atoms with Crippen molar-refractivity contribution in [3.63, 3.8) is 0 Å². The second-order valence-corrected chi connectivity index (χ2v) is 6.99. The molecule has 8 heteroatoms. The number of aromatic nitrogens is 2. The van der Waals surface area contributed by atoms with Gasteiger partial charge in [0.05, 0.1) is 17.8 Å².